The zero-order chi connectivity index (χ0) is 15.0. The predicted molar refractivity (Wildman–Crippen MR) is 84.2 cm³/mol. The highest BCUT2D eigenvalue weighted by Gasteiger charge is 2.13. The maximum absolute atomic E-state index is 10.8. The van der Waals surface area contributed by atoms with Gasteiger partial charge in [-0.2, -0.15) is 0 Å². The first-order valence-electron chi connectivity index (χ1n) is 6.01. The van der Waals surface area contributed by atoms with E-state index in [1.54, 1.807) is 0 Å². The van der Waals surface area contributed by atoms with E-state index in [-0.39, 0.29) is 16.5 Å². The van der Waals surface area contributed by atoms with Crippen molar-refractivity contribution in [1.82, 2.24) is 0 Å². The predicted octanol–water partition coefficient (Wildman–Crippen LogP) is 3.91. The molecule has 0 aromatic carbocycles. The van der Waals surface area contributed by atoms with Crippen LogP contribution >= 0.6 is 18.5 Å². The molecule has 0 aromatic heterocycles. The Morgan fingerprint density at radius 2 is 1.44 bits per heavy atom. The molecule has 2 atom stereocenters. The summed E-state index contributed by atoms with van der Waals surface area (Å²) in [6.45, 7) is 12.7. The quantitative estimate of drug-likeness (QED) is 0.741. The first-order valence-corrected chi connectivity index (χ1v) is 7.41. The van der Waals surface area contributed by atoms with Crippen molar-refractivity contribution in [2.24, 2.45) is 10.8 Å². The minimum atomic E-state index is -0.287. The van der Waals surface area contributed by atoms with Crippen LogP contribution in [0.15, 0.2) is 0 Å². The first kappa shape index (κ1) is 20.3. The number of ketones is 1. The van der Waals surface area contributed by atoms with Crippen LogP contribution < -0.4 is 0 Å². The zero-order valence-corrected chi connectivity index (χ0v) is 14.8. The first-order chi connectivity index (χ1) is 7.87. The second-order valence-electron chi connectivity index (χ2n) is 6.65. The molecular weight excluding hydrogens is 266 g/mol. The van der Waals surface area contributed by atoms with Gasteiger partial charge in [0.2, 0.25) is 0 Å². The van der Waals surface area contributed by atoms with E-state index in [2.05, 4.69) is 30.0 Å². The largest absolute Gasteiger partial charge is 0.462 e. The Hall–Kier alpha value is -0.0000000000000000555. The van der Waals surface area contributed by atoms with Gasteiger partial charge in [-0.15, -0.1) is 9.24 Å². The number of ether oxygens (including phenoxy) is 1. The van der Waals surface area contributed by atoms with Crippen LogP contribution in [0, 0.1) is 10.8 Å². The highest BCUT2D eigenvalue weighted by Crippen LogP contribution is 2.18. The van der Waals surface area contributed by atoms with Crippen molar-refractivity contribution in [2.45, 2.75) is 48.0 Å². The number of rotatable bonds is 3. The van der Waals surface area contributed by atoms with Crippen molar-refractivity contribution in [2.75, 3.05) is 12.8 Å². The van der Waals surface area contributed by atoms with Crippen LogP contribution in [-0.2, 0) is 9.53 Å². The Balaban J connectivity index is 0. The third kappa shape index (κ3) is 21.3. The molecule has 0 saturated carbocycles. The number of carbonyl (C=O) groups is 2. The SMILES string of the molecule is CC(C)(C)CC(=O)CP.CC(C)(C)COC(=O)P. The van der Waals surface area contributed by atoms with Crippen LogP contribution in [0.1, 0.15) is 48.0 Å². The molecule has 2 unspecified atom stereocenters. The Morgan fingerprint density at radius 1 is 1.00 bits per heavy atom. The monoisotopic (exact) mass is 294 g/mol. The Bertz CT molecular complexity index is 262. The van der Waals surface area contributed by atoms with Gasteiger partial charge in [0.05, 0.1) is 6.61 Å². The summed E-state index contributed by atoms with van der Waals surface area (Å²) in [4.78, 5) is 21.0. The van der Waals surface area contributed by atoms with Gasteiger partial charge in [-0.05, 0) is 20.1 Å². The molecule has 18 heavy (non-hydrogen) atoms. The lowest BCUT2D eigenvalue weighted by atomic mass is 9.90. The van der Waals surface area contributed by atoms with E-state index in [0.717, 1.165) is 0 Å². The van der Waals surface area contributed by atoms with Crippen LogP contribution in [-0.4, -0.2) is 24.3 Å². The number of hydrogen-bond donors (Lipinski definition) is 0. The highest BCUT2D eigenvalue weighted by atomic mass is 31.0. The fourth-order valence-corrected chi connectivity index (χ4v) is 1.18. The molecule has 0 aliphatic rings. The standard InChI is InChI=1S/C7H15OP.C6H13O2P/c1-7(2,3)4-6(8)5-9;1-6(2,3)4-8-5(7)9/h4-5,9H2,1-3H3;4,9H2,1-3H3. The lowest BCUT2D eigenvalue weighted by Gasteiger charge is -2.16. The molecule has 0 bridgehead atoms. The average molecular weight is 294 g/mol. The van der Waals surface area contributed by atoms with Gasteiger partial charge in [0.25, 0.3) is 0 Å². The van der Waals surface area contributed by atoms with E-state index < -0.39 is 0 Å². The summed E-state index contributed by atoms with van der Waals surface area (Å²) in [6, 6.07) is 0. The molecule has 0 aromatic rings. The van der Waals surface area contributed by atoms with Gasteiger partial charge < -0.3 is 4.74 Å². The molecular formula is C13H28O3P2. The molecule has 0 aliphatic carbocycles. The summed E-state index contributed by atoms with van der Waals surface area (Å²) in [5.74, 6) is 0.326. The fourth-order valence-electron chi connectivity index (χ4n) is 0.951. The highest BCUT2D eigenvalue weighted by molar-refractivity contribution is 7.39. The van der Waals surface area contributed by atoms with Crippen molar-refractivity contribution in [3.63, 3.8) is 0 Å². The molecule has 0 amide bonds. The summed E-state index contributed by atoms with van der Waals surface area (Å²) in [5.41, 5.74) is -0.0511. The molecule has 0 aliphatic heterocycles. The number of hydrogen-bond acceptors (Lipinski definition) is 3. The maximum atomic E-state index is 10.8. The van der Waals surface area contributed by atoms with Gasteiger partial charge in [0, 0.05) is 12.6 Å². The molecule has 0 rings (SSSR count). The minimum Gasteiger partial charge on any atom is -0.462 e. The van der Waals surface area contributed by atoms with E-state index in [1.165, 1.54) is 0 Å². The summed E-state index contributed by atoms with van der Waals surface area (Å²) in [7, 11) is 4.42. The normalized spacial score (nSPS) is 11.3. The molecule has 0 N–H and O–H groups in total. The molecule has 0 radical (unpaired) electrons. The van der Waals surface area contributed by atoms with Gasteiger partial charge in [0.1, 0.15) is 5.78 Å². The Morgan fingerprint density at radius 3 is 1.56 bits per heavy atom. The van der Waals surface area contributed by atoms with Crippen LogP contribution in [0.3, 0.4) is 0 Å². The third-order valence-electron chi connectivity index (χ3n) is 1.60. The van der Waals surface area contributed by atoms with E-state index in [9.17, 15) is 9.59 Å². The lowest BCUT2D eigenvalue weighted by Crippen LogP contribution is -2.15. The smallest absolute Gasteiger partial charge is 0.319 e. The van der Waals surface area contributed by atoms with E-state index >= 15 is 0 Å². The average Bonchev–Trinajstić information content (AvgIpc) is 2.12. The molecule has 0 saturated heterocycles. The summed E-state index contributed by atoms with van der Waals surface area (Å²) in [5, 5.41) is 0. The molecule has 5 heteroatoms. The summed E-state index contributed by atoms with van der Waals surface area (Å²) >= 11 is 0. The number of Topliss-reactive ketones (excluding diaryl/α,β-unsaturated/α-hetero) is 1. The summed E-state index contributed by atoms with van der Waals surface area (Å²) in [6.07, 6.45) is 1.29. The zero-order valence-electron chi connectivity index (χ0n) is 12.5. The van der Waals surface area contributed by atoms with Crippen molar-refractivity contribution >= 4 is 30.0 Å². The van der Waals surface area contributed by atoms with Gasteiger partial charge in [-0.25, -0.2) is 4.79 Å². The van der Waals surface area contributed by atoms with Crippen molar-refractivity contribution in [1.29, 1.82) is 0 Å². The van der Waals surface area contributed by atoms with Crippen LogP contribution in [0.4, 0.5) is 4.79 Å². The third-order valence-corrected chi connectivity index (χ3v) is 2.22. The van der Waals surface area contributed by atoms with E-state index in [1.807, 2.05) is 30.0 Å². The summed E-state index contributed by atoms with van der Waals surface area (Å²) < 4.78 is 4.73. The van der Waals surface area contributed by atoms with Crippen LogP contribution in [0.2, 0.25) is 0 Å². The van der Waals surface area contributed by atoms with Gasteiger partial charge in [-0.1, -0.05) is 41.5 Å². The van der Waals surface area contributed by atoms with Crippen molar-refractivity contribution in [3.05, 3.63) is 0 Å². The molecule has 0 heterocycles. The second kappa shape index (κ2) is 8.99. The minimum absolute atomic E-state index is 0.0756. The van der Waals surface area contributed by atoms with E-state index in [0.29, 0.717) is 25.0 Å². The lowest BCUT2D eigenvalue weighted by molar-refractivity contribution is -0.118. The molecule has 0 spiro atoms. The maximum Gasteiger partial charge on any atom is 0.319 e. The Kier molecular flexibility index (Phi) is 10.2. The van der Waals surface area contributed by atoms with Crippen molar-refractivity contribution in [3.8, 4) is 0 Å². The second-order valence-corrected chi connectivity index (χ2v) is 7.53. The van der Waals surface area contributed by atoms with Gasteiger partial charge in [-0.3, -0.25) is 4.79 Å². The van der Waals surface area contributed by atoms with Gasteiger partial charge >= 0.3 is 5.71 Å². The fraction of sp³-hybridized carbons (Fsp3) is 0.846. The Labute approximate surface area is 116 Å². The van der Waals surface area contributed by atoms with Crippen molar-refractivity contribution < 1.29 is 14.3 Å². The molecule has 108 valence electrons. The van der Waals surface area contributed by atoms with Crippen LogP contribution in [0.25, 0.3) is 0 Å². The van der Waals surface area contributed by atoms with Crippen LogP contribution in [0.5, 0.6) is 0 Å². The topological polar surface area (TPSA) is 43.4 Å². The number of carbonyl (C=O) groups excluding carboxylic acids is 2. The van der Waals surface area contributed by atoms with E-state index in [4.69, 9.17) is 4.74 Å². The molecule has 3 nitrogen and oxygen atoms in total. The molecule has 0 fully saturated rings. The van der Waals surface area contributed by atoms with Gasteiger partial charge in [0.15, 0.2) is 0 Å².